The Morgan fingerprint density at radius 3 is 2.05 bits per heavy atom. The number of aliphatic hydroxyl groups excluding tert-OH is 1. The highest BCUT2D eigenvalue weighted by atomic mass is 31.2. The fraction of sp³-hybridized carbons (Fsp3) is 0.400. The lowest BCUT2D eigenvalue weighted by Gasteiger charge is -2.20. The minimum absolute atomic E-state index is 0.0578. The Bertz CT molecular complexity index is 557. The lowest BCUT2D eigenvalue weighted by atomic mass is 10.2. The molecule has 6 nitrogen and oxygen atoms in total. The molecule has 0 bridgehead atoms. The molecule has 0 saturated carbocycles. The fourth-order valence-electron chi connectivity index (χ4n) is 1.78. The van der Waals surface area contributed by atoms with E-state index in [1.165, 1.54) is 0 Å². The minimum Gasteiger partial charge on any atom is -0.506 e. The SMILES string of the molecule is CCOC(=O)/C(=C(/O)c1ccccc1)P(=O)(OCC)OCC. The van der Waals surface area contributed by atoms with Crippen molar-refractivity contribution in [2.75, 3.05) is 19.8 Å². The van der Waals surface area contributed by atoms with Crippen LogP contribution in [0.15, 0.2) is 35.6 Å². The molecular formula is C15H21O6P. The van der Waals surface area contributed by atoms with Gasteiger partial charge in [0.25, 0.3) is 0 Å². The fourth-order valence-corrected chi connectivity index (χ4v) is 3.47. The molecular weight excluding hydrogens is 307 g/mol. The standard InChI is InChI=1S/C15H21O6P/c1-4-19-15(17)14(22(18,20-5-2)21-6-3)13(16)12-10-8-7-9-11-12/h7-11,16H,4-6H2,1-3H3/b14-13-. The maximum absolute atomic E-state index is 12.9. The molecule has 0 radical (unpaired) electrons. The molecule has 7 heteroatoms. The number of carbonyl (C=O) groups is 1. The second-order valence-corrected chi connectivity index (χ2v) is 6.08. The Balaban J connectivity index is 3.46. The van der Waals surface area contributed by atoms with Crippen LogP contribution in [-0.2, 0) is 23.1 Å². The smallest absolute Gasteiger partial charge is 0.372 e. The van der Waals surface area contributed by atoms with Crippen molar-refractivity contribution in [3.05, 3.63) is 41.2 Å². The van der Waals surface area contributed by atoms with E-state index in [1.807, 2.05) is 0 Å². The number of carbonyl (C=O) groups excluding carboxylic acids is 1. The van der Waals surface area contributed by atoms with Crippen LogP contribution in [0.5, 0.6) is 0 Å². The van der Waals surface area contributed by atoms with E-state index in [2.05, 4.69) is 0 Å². The summed E-state index contributed by atoms with van der Waals surface area (Å²) in [5, 5.41) is 9.93. The summed E-state index contributed by atoms with van der Waals surface area (Å²) in [6, 6.07) is 8.28. The highest BCUT2D eigenvalue weighted by Gasteiger charge is 2.39. The van der Waals surface area contributed by atoms with Crippen molar-refractivity contribution >= 4 is 19.3 Å². The minimum atomic E-state index is -3.98. The van der Waals surface area contributed by atoms with Crippen LogP contribution in [0.1, 0.15) is 26.3 Å². The van der Waals surface area contributed by atoms with Gasteiger partial charge in [-0.05, 0) is 20.8 Å². The van der Waals surface area contributed by atoms with Gasteiger partial charge in [0.1, 0.15) is 5.76 Å². The monoisotopic (exact) mass is 328 g/mol. The van der Waals surface area contributed by atoms with Crippen LogP contribution >= 0.6 is 7.60 Å². The maximum atomic E-state index is 12.9. The summed E-state index contributed by atoms with van der Waals surface area (Å²) in [5.74, 6) is -1.39. The van der Waals surface area contributed by atoms with E-state index in [0.29, 0.717) is 5.56 Å². The van der Waals surface area contributed by atoms with Gasteiger partial charge in [-0.25, -0.2) is 4.79 Å². The van der Waals surface area contributed by atoms with E-state index < -0.39 is 24.6 Å². The van der Waals surface area contributed by atoms with Crippen molar-refractivity contribution in [1.29, 1.82) is 0 Å². The first-order valence-electron chi connectivity index (χ1n) is 7.05. The second-order valence-electron chi connectivity index (χ2n) is 4.12. The molecule has 0 saturated heterocycles. The highest BCUT2D eigenvalue weighted by molar-refractivity contribution is 7.60. The van der Waals surface area contributed by atoms with Gasteiger partial charge >= 0.3 is 13.6 Å². The quantitative estimate of drug-likeness (QED) is 0.339. The number of aliphatic hydroxyl groups is 1. The van der Waals surface area contributed by atoms with Crippen molar-refractivity contribution in [3.8, 4) is 0 Å². The Labute approximate surface area is 130 Å². The van der Waals surface area contributed by atoms with Crippen LogP contribution < -0.4 is 0 Å². The summed E-state index contributed by atoms with van der Waals surface area (Å²) in [4.78, 5) is 12.2. The maximum Gasteiger partial charge on any atom is 0.372 e. The first-order chi connectivity index (χ1) is 10.5. The average molecular weight is 328 g/mol. The van der Waals surface area contributed by atoms with Crippen LogP contribution in [0.3, 0.4) is 0 Å². The van der Waals surface area contributed by atoms with Gasteiger partial charge < -0.3 is 18.9 Å². The molecule has 0 heterocycles. The molecule has 122 valence electrons. The summed E-state index contributed by atoms with van der Waals surface area (Å²) in [6.45, 7) is 5.04. The predicted octanol–water partition coefficient (Wildman–Crippen LogP) is 3.74. The summed E-state index contributed by atoms with van der Waals surface area (Å²) >= 11 is 0. The van der Waals surface area contributed by atoms with Gasteiger partial charge in [-0.3, -0.25) is 4.57 Å². The van der Waals surface area contributed by atoms with E-state index in [9.17, 15) is 14.5 Å². The molecule has 0 aliphatic carbocycles. The summed E-state index contributed by atoms with van der Waals surface area (Å²) in [7, 11) is -3.98. The molecule has 0 spiro atoms. The first kappa shape index (κ1) is 18.4. The van der Waals surface area contributed by atoms with Crippen LogP contribution in [-0.4, -0.2) is 30.9 Å². The van der Waals surface area contributed by atoms with Crippen molar-refractivity contribution in [2.45, 2.75) is 20.8 Å². The van der Waals surface area contributed by atoms with Crippen molar-refractivity contribution in [2.24, 2.45) is 0 Å². The van der Waals surface area contributed by atoms with Crippen LogP contribution in [0.2, 0.25) is 0 Å². The molecule has 1 aromatic carbocycles. The van der Waals surface area contributed by atoms with Gasteiger partial charge in [-0.2, -0.15) is 0 Å². The number of esters is 1. The zero-order valence-electron chi connectivity index (χ0n) is 12.9. The van der Waals surface area contributed by atoms with Crippen molar-refractivity contribution < 1.29 is 28.3 Å². The molecule has 0 aliphatic heterocycles. The molecule has 22 heavy (non-hydrogen) atoms. The third-order valence-electron chi connectivity index (χ3n) is 2.61. The number of ether oxygens (including phenoxy) is 1. The first-order valence-corrected chi connectivity index (χ1v) is 8.59. The zero-order valence-corrected chi connectivity index (χ0v) is 13.8. The molecule has 0 aromatic heterocycles. The molecule has 1 aromatic rings. The molecule has 0 fully saturated rings. The molecule has 1 N–H and O–H groups in total. The lowest BCUT2D eigenvalue weighted by molar-refractivity contribution is -0.137. The molecule has 0 amide bonds. The second kappa shape index (κ2) is 8.73. The lowest BCUT2D eigenvalue weighted by Crippen LogP contribution is -2.13. The summed E-state index contributed by atoms with van der Waals surface area (Å²) < 4.78 is 28.1. The summed E-state index contributed by atoms with van der Waals surface area (Å²) in [5.41, 5.74) is 0.324. The largest absolute Gasteiger partial charge is 0.506 e. The van der Waals surface area contributed by atoms with Gasteiger partial charge in [0, 0.05) is 5.56 Å². The van der Waals surface area contributed by atoms with Gasteiger partial charge in [0.05, 0.1) is 19.8 Å². The zero-order chi connectivity index (χ0) is 16.6. The highest BCUT2D eigenvalue weighted by Crippen LogP contribution is 2.58. The number of benzene rings is 1. The Morgan fingerprint density at radius 1 is 1.05 bits per heavy atom. The van der Waals surface area contributed by atoms with E-state index in [1.54, 1.807) is 51.1 Å². The van der Waals surface area contributed by atoms with E-state index >= 15 is 0 Å². The van der Waals surface area contributed by atoms with Gasteiger partial charge in [0.15, 0.2) is 5.31 Å². The van der Waals surface area contributed by atoms with Crippen molar-refractivity contribution in [1.82, 2.24) is 0 Å². The Hall–Kier alpha value is -1.62. The topological polar surface area (TPSA) is 82.1 Å². The molecule has 0 atom stereocenters. The molecule has 0 aliphatic rings. The van der Waals surface area contributed by atoms with Crippen LogP contribution in [0.4, 0.5) is 0 Å². The van der Waals surface area contributed by atoms with E-state index in [-0.39, 0.29) is 19.8 Å². The van der Waals surface area contributed by atoms with Gasteiger partial charge in [-0.15, -0.1) is 0 Å². The van der Waals surface area contributed by atoms with Gasteiger partial charge in [-0.1, -0.05) is 30.3 Å². The number of hydrogen-bond acceptors (Lipinski definition) is 6. The normalized spacial score (nSPS) is 12.7. The molecule has 1 rings (SSSR count). The Morgan fingerprint density at radius 2 is 1.59 bits per heavy atom. The van der Waals surface area contributed by atoms with Gasteiger partial charge in [0.2, 0.25) is 0 Å². The third kappa shape index (κ3) is 4.44. The third-order valence-corrected chi connectivity index (χ3v) is 4.75. The number of hydrogen-bond donors (Lipinski definition) is 1. The Kier molecular flexibility index (Phi) is 7.32. The van der Waals surface area contributed by atoms with Crippen molar-refractivity contribution in [3.63, 3.8) is 0 Å². The molecule has 0 unspecified atom stereocenters. The summed E-state index contributed by atoms with van der Waals surface area (Å²) in [6.07, 6.45) is 0. The van der Waals surface area contributed by atoms with E-state index in [0.717, 1.165) is 0 Å². The predicted molar refractivity (Wildman–Crippen MR) is 83.5 cm³/mol. The van der Waals surface area contributed by atoms with E-state index in [4.69, 9.17) is 13.8 Å². The van der Waals surface area contributed by atoms with Crippen LogP contribution in [0, 0.1) is 0 Å². The van der Waals surface area contributed by atoms with Crippen LogP contribution in [0.25, 0.3) is 5.76 Å². The number of rotatable bonds is 8. The average Bonchev–Trinajstić information content (AvgIpc) is 2.49.